The van der Waals surface area contributed by atoms with E-state index in [0.29, 0.717) is 0 Å². The fraction of sp³-hybridized carbons (Fsp3) is 0.125. The lowest BCUT2D eigenvalue weighted by Gasteiger charge is -2.21. The Morgan fingerprint density at radius 3 is 2.64 bits per heavy atom. The number of anilines is 1. The fourth-order valence-electron chi connectivity index (χ4n) is 1.95. The van der Waals surface area contributed by atoms with Gasteiger partial charge in [-0.1, -0.05) is 40.2 Å². The number of hydrazone groups is 1. The average molecular weight is 428 g/mol. The molecule has 6 nitrogen and oxygen atoms in total. The van der Waals surface area contributed by atoms with E-state index in [1.54, 1.807) is 6.07 Å². The molecule has 0 aliphatic carbocycles. The number of nitrogens with one attached hydrogen (secondary N) is 1. The van der Waals surface area contributed by atoms with Crippen LogP contribution < -0.4 is 9.73 Å². The molecule has 0 saturated heterocycles. The van der Waals surface area contributed by atoms with Crippen molar-refractivity contribution in [2.75, 3.05) is 17.1 Å². The van der Waals surface area contributed by atoms with Crippen LogP contribution in [0.25, 0.3) is 0 Å². The van der Waals surface area contributed by atoms with E-state index in [1.807, 2.05) is 18.2 Å². The summed E-state index contributed by atoms with van der Waals surface area (Å²) >= 11 is 3.34. The molecule has 0 unspecified atom stereocenters. The molecule has 2 aromatic carbocycles. The summed E-state index contributed by atoms with van der Waals surface area (Å²) in [5.41, 5.74) is 3.06. The number of amides is 1. The highest BCUT2D eigenvalue weighted by molar-refractivity contribution is 9.10. The summed E-state index contributed by atoms with van der Waals surface area (Å²) in [6.07, 6.45) is 2.37. The molecule has 132 valence electrons. The molecule has 0 atom stereocenters. The first-order valence-electron chi connectivity index (χ1n) is 7.07. The summed E-state index contributed by atoms with van der Waals surface area (Å²) in [6.45, 7) is -0.518. The van der Waals surface area contributed by atoms with Crippen molar-refractivity contribution in [2.24, 2.45) is 5.10 Å². The molecular weight excluding hydrogens is 413 g/mol. The first-order valence-corrected chi connectivity index (χ1v) is 9.71. The summed E-state index contributed by atoms with van der Waals surface area (Å²) in [5.74, 6) is -1.25. The van der Waals surface area contributed by atoms with Crippen LogP contribution in [-0.2, 0) is 14.8 Å². The van der Waals surface area contributed by atoms with Gasteiger partial charge in [0.15, 0.2) is 0 Å². The molecular formula is C16H15BrFN3O3S. The largest absolute Gasteiger partial charge is 0.271 e. The summed E-state index contributed by atoms with van der Waals surface area (Å²) in [6, 6.07) is 12.2. The van der Waals surface area contributed by atoms with Crippen molar-refractivity contribution in [1.29, 1.82) is 0 Å². The molecule has 2 rings (SSSR count). The van der Waals surface area contributed by atoms with Crippen molar-refractivity contribution in [2.45, 2.75) is 0 Å². The van der Waals surface area contributed by atoms with Crippen molar-refractivity contribution in [3.8, 4) is 0 Å². The molecule has 2 aromatic rings. The SMILES string of the molecule is CS(=O)(=O)N(CC(=O)N/N=C\c1ccccc1Br)c1cccc(F)c1. The Labute approximate surface area is 153 Å². The van der Waals surface area contributed by atoms with E-state index in [-0.39, 0.29) is 5.69 Å². The molecule has 0 spiro atoms. The molecule has 0 aliphatic rings. The van der Waals surface area contributed by atoms with Crippen LogP contribution in [0, 0.1) is 5.82 Å². The Morgan fingerprint density at radius 2 is 2.00 bits per heavy atom. The zero-order valence-corrected chi connectivity index (χ0v) is 15.6. The maximum atomic E-state index is 13.3. The lowest BCUT2D eigenvalue weighted by atomic mass is 10.2. The maximum absolute atomic E-state index is 13.3. The monoisotopic (exact) mass is 427 g/mol. The molecule has 0 bridgehead atoms. The van der Waals surface area contributed by atoms with Gasteiger partial charge in [-0.25, -0.2) is 18.2 Å². The molecule has 0 fully saturated rings. The maximum Gasteiger partial charge on any atom is 0.260 e. The Bertz CT molecular complexity index is 903. The fourth-order valence-corrected chi connectivity index (χ4v) is 3.19. The first-order chi connectivity index (χ1) is 11.8. The zero-order valence-electron chi connectivity index (χ0n) is 13.2. The van der Waals surface area contributed by atoms with Gasteiger partial charge in [0.1, 0.15) is 12.4 Å². The zero-order chi connectivity index (χ0) is 18.4. The van der Waals surface area contributed by atoms with Crippen LogP contribution in [-0.4, -0.2) is 33.3 Å². The predicted molar refractivity (Wildman–Crippen MR) is 98.5 cm³/mol. The Hall–Kier alpha value is -2.26. The van der Waals surface area contributed by atoms with Gasteiger partial charge in [-0.2, -0.15) is 5.10 Å². The lowest BCUT2D eigenvalue weighted by molar-refractivity contribution is -0.119. The second-order valence-electron chi connectivity index (χ2n) is 5.06. The van der Waals surface area contributed by atoms with Crippen LogP contribution in [0.1, 0.15) is 5.56 Å². The van der Waals surface area contributed by atoms with E-state index in [1.165, 1.54) is 24.4 Å². The quantitative estimate of drug-likeness (QED) is 0.568. The van der Waals surface area contributed by atoms with Crippen molar-refractivity contribution in [3.05, 3.63) is 64.4 Å². The van der Waals surface area contributed by atoms with Gasteiger partial charge in [-0.3, -0.25) is 9.10 Å². The third kappa shape index (κ3) is 5.64. The van der Waals surface area contributed by atoms with Gasteiger partial charge in [0, 0.05) is 10.0 Å². The van der Waals surface area contributed by atoms with E-state index in [2.05, 4.69) is 26.5 Å². The highest BCUT2D eigenvalue weighted by Crippen LogP contribution is 2.18. The smallest absolute Gasteiger partial charge is 0.260 e. The van der Waals surface area contributed by atoms with Crippen molar-refractivity contribution < 1.29 is 17.6 Å². The number of hydrogen-bond donors (Lipinski definition) is 1. The molecule has 1 N–H and O–H groups in total. The third-order valence-corrected chi connectivity index (χ3v) is 4.94. The van der Waals surface area contributed by atoms with Crippen LogP contribution >= 0.6 is 15.9 Å². The highest BCUT2D eigenvalue weighted by Gasteiger charge is 2.21. The minimum atomic E-state index is -3.77. The van der Waals surface area contributed by atoms with Crippen LogP contribution in [0.15, 0.2) is 58.1 Å². The number of hydrogen-bond acceptors (Lipinski definition) is 4. The van der Waals surface area contributed by atoms with Gasteiger partial charge in [-0.15, -0.1) is 0 Å². The Kier molecular flexibility index (Phi) is 6.27. The third-order valence-electron chi connectivity index (χ3n) is 3.08. The highest BCUT2D eigenvalue weighted by atomic mass is 79.9. The number of rotatable bonds is 6. The minimum absolute atomic E-state index is 0.0624. The Balaban J connectivity index is 2.09. The van der Waals surface area contributed by atoms with Gasteiger partial charge in [-0.05, 0) is 24.3 Å². The van der Waals surface area contributed by atoms with E-state index in [0.717, 1.165) is 26.7 Å². The second kappa shape index (κ2) is 8.21. The van der Waals surface area contributed by atoms with Gasteiger partial charge in [0.2, 0.25) is 10.0 Å². The van der Waals surface area contributed by atoms with Gasteiger partial charge >= 0.3 is 0 Å². The lowest BCUT2D eigenvalue weighted by Crippen LogP contribution is -2.39. The van der Waals surface area contributed by atoms with Crippen LogP contribution in [0.2, 0.25) is 0 Å². The number of carbonyl (C=O) groups excluding carboxylic acids is 1. The van der Waals surface area contributed by atoms with Gasteiger partial charge in [0.25, 0.3) is 5.91 Å². The van der Waals surface area contributed by atoms with Gasteiger partial charge < -0.3 is 0 Å². The average Bonchev–Trinajstić information content (AvgIpc) is 2.53. The van der Waals surface area contributed by atoms with Gasteiger partial charge in [0.05, 0.1) is 18.2 Å². The molecule has 0 aliphatic heterocycles. The van der Waals surface area contributed by atoms with Crippen LogP contribution in [0.4, 0.5) is 10.1 Å². The molecule has 0 heterocycles. The van der Waals surface area contributed by atoms with Crippen LogP contribution in [0.3, 0.4) is 0 Å². The second-order valence-corrected chi connectivity index (χ2v) is 7.83. The van der Waals surface area contributed by atoms with E-state index in [9.17, 15) is 17.6 Å². The standard InChI is InChI=1S/C16H15BrFN3O3S/c1-25(23,24)21(14-7-4-6-13(18)9-14)11-16(22)20-19-10-12-5-2-3-8-15(12)17/h2-10H,11H2,1H3,(H,20,22)/b19-10-. The minimum Gasteiger partial charge on any atom is -0.271 e. The molecule has 1 amide bonds. The van der Waals surface area contributed by atoms with Crippen molar-refractivity contribution in [1.82, 2.24) is 5.43 Å². The van der Waals surface area contributed by atoms with E-state index >= 15 is 0 Å². The molecule has 0 aromatic heterocycles. The normalized spacial score (nSPS) is 11.5. The molecule has 0 saturated carbocycles. The predicted octanol–water partition coefficient (Wildman–Crippen LogP) is 2.50. The number of sulfonamides is 1. The van der Waals surface area contributed by atoms with Crippen molar-refractivity contribution >= 4 is 43.8 Å². The first kappa shape index (κ1) is 19.1. The van der Waals surface area contributed by atoms with E-state index in [4.69, 9.17) is 0 Å². The summed E-state index contributed by atoms with van der Waals surface area (Å²) in [4.78, 5) is 12.0. The topological polar surface area (TPSA) is 78.8 Å². The summed E-state index contributed by atoms with van der Waals surface area (Å²) in [5, 5.41) is 3.80. The van der Waals surface area contributed by atoms with Crippen LogP contribution in [0.5, 0.6) is 0 Å². The summed E-state index contributed by atoms with van der Waals surface area (Å²) in [7, 11) is -3.77. The Morgan fingerprint density at radius 1 is 1.28 bits per heavy atom. The van der Waals surface area contributed by atoms with E-state index < -0.39 is 28.3 Å². The number of benzene rings is 2. The molecule has 0 radical (unpaired) electrons. The molecule has 25 heavy (non-hydrogen) atoms. The number of nitrogens with zero attached hydrogens (tertiary/aromatic N) is 2. The molecule has 9 heteroatoms. The van der Waals surface area contributed by atoms with Crippen molar-refractivity contribution in [3.63, 3.8) is 0 Å². The summed E-state index contributed by atoms with van der Waals surface area (Å²) < 4.78 is 38.7. The number of halogens is 2. The number of carbonyl (C=O) groups is 1.